The van der Waals surface area contributed by atoms with E-state index in [1.54, 1.807) is 14.0 Å². The summed E-state index contributed by atoms with van der Waals surface area (Å²) < 4.78 is 26.9. The Bertz CT molecular complexity index is 682. The predicted octanol–water partition coefficient (Wildman–Crippen LogP) is 2.01. The van der Waals surface area contributed by atoms with Gasteiger partial charge in [0.1, 0.15) is 0 Å². The maximum Gasteiger partial charge on any atom is 0.273 e. The molecule has 0 amide bonds. The van der Waals surface area contributed by atoms with Gasteiger partial charge in [-0.3, -0.25) is 10.1 Å². The van der Waals surface area contributed by atoms with Crippen molar-refractivity contribution in [3.63, 3.8) is 0 Å². The van der Waals surface area contributed by atoms with E-state index in [2.05, 4.69) is 11.8 Å². The summed E-state index contributed by atoms with van der Waals surface area (Å²) in [7, 11) is -2.16. The third-order valence-electron chi connectivity index (χ3n) is 4.57. The van der Waals surface area contributed by atoms with Crippen LogP contribution in [-0.4, -0.2) is 55.3 Å². The smallest absolute Gasteiger partial charge is 0.273 e. The minimum Gasteiger partial charge on any atom is -0.303 e. The van der Waals surface area contributed by atoms with E-state index in [9.17, 15) is 18.5 Å². The number of hydrogen-bond donors (Lipinski definition) is 0. The fourth-order valence-corrected chi connectivity index (χ4v) is 4.34. The molecule has 0 bridgehead atoms. The van der Waals surface area contributed by atoms with E-state index in [0.29, 0.717) is 5.56 Å². The van der Waals surface area contributed by atoms with Gasteiger partial charge in [0.2, 0.25) is 10.0 Å². The Morgan fingerprint density at radius 2 is 1.96 bits per heavy atom. The lowest BCUT2D eigenvalue weighted by atomic mass is 10.1. The van der Waals surface area contributed by atoms with E-state index >= 15 is 0 Å². The van der Waals surface area contributed by atoms with Gasteiger partial charge in [-0.15, -0.1) is 0 Å². The Hall–Kier alpha value is -1.51. The van der Waals surface area contributed by atoms with Gasteiger partial charge in [-0.05, 0) is 45.5 Å². The number of hydrogen-bond acceptors (Lipinski definition) is 5. The first-order valence-electron chi connectivity index (χ1n) is 7.72. The molecule has 0 unspecified atom stereocenters. The van der Waals surface area contributed by atoms with Crippen molar-refractivity contribution in [3.05, 3.63) is 33.9 Å². The van der Waals surface area contributed by atoms with E-state index in [4.69, 9.17) is 0 Å². The van der Waals surface area contributed by atoms with E-state index in [-0.39, 0.29) is 16.6 Å². The van der Waals surface area contributed by atoms with Crippen LogP contribution in [0.15, 0.2) is 23.1 Å². The number of aryl methyl sites for hydroxylation is 1. The first-order valence-corrected chi connectivity index (χ1v) is 9.16. The molecule has 0 radical (unpaired) electrons. The topological polar surface area (TPSA) is 83.8 Å². The second-order valence-corrected chi connectivity index (χ2v) is 7.89. The summed E-state index contributed by atoms with van der Waals surface area (Å²) in [5.74, 6) is 0. The molecule has 23 heavy (non-hydrogen) atoms. The molecule has 2 rings (SSSR count). The van der Waals surface area contributed by atoms with Crippen molar-refractivity contribution in [2.45, 2.75) is 37.6 Å². The van der Waals surface area contributed by atoms with Gasteiger partial charge in [-0.25, -0.2) is 8.42 Å². The van der Waals surface area contributed by atoms with Crippen LogP contribution in [-0.2, 0) is 10.0 Å². The highest BCUT2D eigenvalue weighted by molar-refractivity contribution is 7.89. The summed E-state index contributed by atoms with van der Waals surface area (Å²) >= 11 is 0. The summed E-state index contributed by atoms with van der Waals surface area (Å²) in [5.41, 5.74) is 0.285. The molecule has 1 aromatic carbocycles. The number of benzene rings is 1. The number of piperidine rings is 1. The molecule has 1 fully saturated rings. The van der Waals surface area contributed by atoms with Crippen LogP contribution in [0.1, 0.15) is 25.3 Å². The Labute approximate surface area is 137 Å². The van der Waals surface area contributed by atoms with Gasteiger partial charge in [0.05, 0.1) is 9.82 Å². The van der Waals surface area contributed by atoms with E-state index in [1.165, 1.54) is 16.4 Å². The van der Waals surface area contributed by atoms with Crippen molar-refractivity contribution in [2.75, 3.05) is 26.7 Å². The number of nitro groups is 1. The molecule has 8 heteroatoms. The van der Waals surface area contributed by atoms with Crippen LogP contribution < -0.4 is 0 Å². The van der Waals surface area contributed by atoms with Gasteiger partial charge in [0, 0.05) is 24.7 Å². The van der Waals surface area contributed by atoms with Gasteiger partial charge in [-0.1, -0.05) is 13.0 Å². The van der Waals surface area contributed by atoms with Crippen LogP contribution >= 0.6 is 0 Å². The van der Waals surface area contributed by atoms with Crippen molar-refractivity contribution in [1.29, 1.82) is 0 Å². The molecule has 0 aromatic heterocycles. The highest BCUT2D eigenvalue weighted by Crippen LogP contribution is 2.27. The Kier molecular flexibility index (Phi) is 5.38. The zero-order valence-electron chi connectivity index (χ0n) is 13.7. The van der Waals surface area contributed by atoms with Crippen LogP contribution in [0.25, 0.3) is 0 Å². The van der Waals surface area contributed by atoms with E-state index in [1.807, 2.05) is 0 Å². The normalized spacial score (nSPS) is 17.6. The van der Waals surface area contributed by atoms with Crippen LogP contribution in [0.2, 0.25) is 0 Å². The molecule has 0 spiro atoms. The second-order valence-electron chi connectivity index (χ2n) is 5.89. The number of sulfonamides is 1. The SMILES string of the molecule is CCN1CCC(N(C)S(=O)(=O)c2ccc(C)c([N+](=O)[O-])c2)CC1. The summed E-state index contributed by atoms with van der Waals surface area (Å²) in [5, 5.41) is 11.0. The highest BCUT2D eigenvalue weighted by Gasteiger charge is 2.31. The molecule has 1 saturated heterocycles. The van der Waals surface area contributed by atoms with Gasteiger partial charge in [0.25, 0.3) is 5.69 Å². The Balaban J connectivity index is 2.24. The first-order chi connectivity index (χ1) is 10.8. The number of nitrogens with zero attached hydrogens (tertiary/aromatic N) is 3. The minimum atomic E-state index is -3.73. The van der Waals surface area contributed by atoms with Crippen LogP contribution in [0.4, 0.5) is 5.69 Å². The maximum atomic E-state index is 12.8. The molecule has 0 N–H and O–H groups in total. The molecule has 128 valence electrons. The van der Waals surface area contributed by atoms with E-state index < -0.39 is 14.9 Å². The maximum absolute atomic E-state index is 12.8. The van der Waals surface area contributed by atoms with Crippen molar-refractivity contribution < 1.29 is 13.3 Å². The molecule has 1 aliphatic heterocycles. The highest BCUT2D eigenvalue weighted by atomic mass is 32.2. The summed E-state index contributed by atoms with van der Waals surface area (Å²) in [4.78, 5) is 12.8. The van der Waals surface area contributed by atoms with E-state index in [0.717, 1.165) is 38.5 Å². The quantitative estimate of drug-likeness (QED) is 0.604. The van der Waals surface area contributed by atoms with Gasteiger partial charge in [-0.2, -0.15) is 4.31 Å². The summed E-state index contributed by atoms with van der Waals surface area (Å²) in [6.07, 6.45) is 1.55. The predicted molar refractivity (Wildman–Crippen MR) is 87.9 cm³/mol. The fourth-order valence-electron chi connectivity index (χ4n) is 2.91. The lowest BCUT2D eigenvalue weighted by Gasteiger charge is -2.35. The average Bonchev–Trinajstić information content (AvgIpc) is 2.54. The molecule has 1 aromatic rings. The lowest BCUT2D eigenvalue weighted by Crippen LogP contribution is -2.45. The van der Waals surface area contributed by atoms with Crippen molar-refractivity contribution in [2.24, 2.45) is 0 Å². The molecule has 1 heterocycles. The lowest BCUT2D eigenvalue weighted by molar-refractivity contribution is -0.385. The molecular weight excluding hydrogens is 318 g/mol. The fraction of sp³-hybridized carbons (Fsp3) is 0.600. The van der Waals surface area contributed by atoms with Gasteiger partial charge >= 0.3 is 0 Å². The molecule has 7 nitrogen and oxygen atoms in total. The van der Waals surface area contributed by atoms with Crippen molar-refractivity contribution >= 4 is 15.7 Å². The molecule has 1 aliphatic rings. The number of likely N-dealkylation sites (tertiary alicyclic amines) is 1. The molecular formula is C15H23N3O4S. The third kappa shape index (κ3) is 3.70. The number of rotatable bonds is 5. The number of nitro benzene ring substituents is 1. The minimum absolute atomic E-state index is 0.0183. The van der Waals surface area contributed by atoms with Crippen molar-refractivity contribution in [1.82, 2.24) is 9.21 Å². The zero-order chi connectivity index (χ0) is 17.2. The monoisotopic (exact) mass is 341 g/mol. The largest absolute Gasteiger partial charge is 0.303 e. The molecule has 0 aliphatic carbocycles. The first kappa shape index (κ1) is 17.8. The Morgan fingerprint density at radius 3 is 2.48 bits per heavy atom. The second kappa shape index (κ2) is 6.94. The Morgan fingerprint density at radius 1 is 1.35 bits per heavy atom. The van der Waals surface area contributed by atoms with Crippen LogP contribution in [0.5, 0.6) is 0 Å². The molecule has 0 atom stereocenters. The van der Waals surface area contributed by atoms with Crippen LogP contribution in [0.3, 0.4) is 0 Å². The third-order valence-corrected chi connectivity index (χ3v) is 6.48. The molecule has 0 saturated carbocycles. The van der Waals surface area contributed by atoms with Crippen LogP contribution in [0, 0.1) is 17.0 Å². The van der Waals surface area contributed by atoms with Crippen molar-refractivity contribution in [3.8, 4) is 0 Å². The standard InChI is InChI=1S/C15H23N3O4S/c1-4-17-9-7-13(8-10-17)16(3)23(21,22)14-6-5-12(2)15(11-14)18(19)20/h5-6,11,13H,4,7-10H2,1-3H3. The zero-order valence-corrected chi connectivity index (χ0v) is 14.5. The summed E-state index contributed by atoms with van der Waals surface area (Å²) in [6, 6.07) is 4.01. The van der Waals surface area contributed by atoms with Gasteiger partial charge < -0.3 is 4.90 Å². The average molecular weight is 341 g/mol. The summed E-state index contributed by atoms with van der Waals surface area (Å²) in [6.45, 7) is 6.39. The van der Waals surface area contributed by atoms with Gasteiger partial charge in [0.15, 0.2) is 0 Å².